The number of hydrogen-bond acceptors (Lipinski definition) is 4. The molecule has 0 aliphatic heterocycles. The second kappa shape index (κ2) is 6.28. The molecule has 0 aliphatic carbocycles. The minimum atomic E-state index is -0.479. The molecule has 1 aromatic carbocycles. The van der Waals surface area contributed by atoms with Crippen LogP contribution in [0.3, 0.4) is 0 Å². The van der Waals surface area contributed by atoms with E-state index in [-0.39, 0.29) is 11.7 Å². The highest BCUT2D eigenvalue weighted by Gasteiger charge is 2.27. The van der Waals surface area contributed by atoms with Crippen molar-refractivity contribution in [3.8, 4) is 11.5 Å². The fraction of sp³-hybridized carbons (Fsp3) is 0.500. The molecule has 4 heteroatoms. The minimum Gasteiger partial charge on any atom is -0.508 e. The molecule has 0 unspecified atom stereocenters. The second-order valence-electron chi connectivity index (χ2n) is 4.82. The number of methoxy groups -OCH3 is 1. The summed E-state index contributed by atoms with van der Waals surface area (Å²) in [7, 11) is 1.40. The normalized spacial score (nSPS) is 11.1. The number of esters is 1. The number of ether oxygens (including phenoxy) is 2. The smallest absolute Gasteiger partial charge is 0.311 e. The van der Waals surface area contributed by atoms with E-state index in [1.54, 1.807) is 24.3 Å². The van der Waals surface area contributed by atoms with Crippen molar-refractivity contribution >= 4 is 5.97 Å². The predicted molar refractivity (Wildman–Crippen MR) is 68.6 cm³/mol. The van der Waals surface area contributed by atoms with Gasteiger partial charge in [0.05, 0.1) is 19.1 Å². The molecular formula is C14H20O4. The monoisotopic (exact) mass is 252 g/mol. The lowest BCUT2D eigenvalue weighted by Crippen LogP contribution is -2.26. The van der Waals surface area contributed by atoms with Gasteiger partial charge in [-0.2, -0.15) is 0 Å². The zero-order valence-corrected chi connectivity index (χ0v) is 11.1. The Hall–Kier alpha value is -1.71. The first kappa shape index (κ1) is 14.4. The third kappa shape index (κ3) is 4.28. The van der Waals surface area contributed by atoms with Crippen molar-refractivity contribution in [2.75, 3.05) is 13.7 Å². The molecule has 0 bridgehead atoms. The Morgan fingerprint density at radius 2 is 1.89 bits per heavy atom. The van der Waals surface area contributed by atoms with Crippen molar-refractivity contribution in [2.24, 2.45) is 5.41 Å². The van der Waals surface area contributed by atoms with Crippen LogP contribution in [0.2, 0.25) is 0 Å². The van der Waals surface area contributed by atoms with E-state index in [1.165, 1.54) is 7.11 Å². The topological polar surface area (TPSA) is 55.8 Å². The molecule has 100 valence electrons. The molecular weight excluding hydrogens is 232 g/mol. The predicted octanol–water partition coefficient (Wildman–Crippen LogP) is 2.75. The summed E-state index contributed by atoms with van der Waals surface area (Å²) in [4.78, 5) is 11.4. The maximum absolute atomic E-state index is 11.4. The maximum Gasteiger partial charge on any atom is 0.311 e. The van der Waals surface area contributed by atoms with Crippen molar-refractivity contribution in [2.45, 2.75) is 26.7 Å². The number of benzene rings is 1. The summed E-state index contributed by atoms with van der Waals surface area (Å²) in [5, 5.41) is 9.12. The van der Waals surface area contributed by atoms with Crippen LogP contribution in [0.1, 0.15) is 26.7 Å². The lowest BCUT2D eigenvalue weighted by molar-refractivity contribution is -0.151. The van der Waals surface area contributed by atoms with Crippen LogP contribution < -0.4 is 4.74 Å². The Morgan fingerprint density at radius 1 is 1.28 bits per heavy atom. The largest absolute Gasteiger partial charge is 0.508 e. The van der Waals surface area contributed by atoms with Crippen LogP contribution in [0.25, 0.3) is 0 Å². The SMILES string of the molecule is COC(=O)C(C)(C)CCCOc1ccc(O)cc1. The van der Waals surface area contributed by atoms with Crippen LogP contribution in [-0.2, 0) is 9.53 Å². The van der Waals surface area contributed by atoms with E-state index < -0.39 is 5.41 Å². The van der Waals surface area contributed by atoms with Gasteiger partial charge in [-0.1, -0.05) is 0 Å². The molecule has 0 heterocycles. The Morgan fingerprint density at radius 3 is 2.44 bits per heavy atom. The van der Waals surface area contributed by atoms with Gasteiger partial charge >= 0.3 is 5.97 Å². The van der Waals surface area contributed by atoms with Gasteiger partial charge in [-0.05, 0) is 51.0 Å². The lowest BCUT2D eigenvalue weighted by Gasteiger charge is -2.21. The quantitative estimate of drug-likeness (QED) is 0.624. The van der Waals surface area contributed by atoms with Crippen LogP contribution in [-0.4, -0.2) is 24.8 Å². The first-order valence-electron chi connectivity index (χ1n) is 5.96. The standard InChI is InChI=1S/C14H20O4/c1-14(2,13(16)17-3)9-4-10-18-12-7-5-11(15)6-8-12/h5-8,15H,4,9-10H2,1-3H3. The number of hydrogen-bond donors (Lipinski definition) is 1. The van der Waals surface area contributed by atoms with Crippen LogP contribution in [0.4, 0.5) is 0 Å². The number of carbonyl (C=O) groups is 1. The van der Waals surface area contributed by atoms with E-state index in [0.717, 1.165) is 6.42 Å². The average molecular weight is 252 g/mol. The Balaban J connectivity index is 2.30. The third-order valence-electron chi connectivity index (χ3n) is 2.79. The Labute approximate surface area is 108 Å². The van der Waals surface area contributed by atoms with Gasteiger partial charge < -0.3 is 14.6 Å². The lowest BCUT2D eigenvalue weighted by atomic mass is 9.88. The number of phenols is 1. The molecule has 1 N–H and O–H groups in total. The fourth-order valence-electron chi connectivity index (χ4n) is 1.62. The summed E-state index contributed by atoms with van der Waals surface area (Å²) < 4.78 is 10.2. The molecule has 0 atom stereocenters. The van der Waals surface area contributed by atoms with E-state index in [4.69, 9.17) is 14.6 Å². The van der Waals surface area contributed by atoms with Gasteiger partial charge in [0.1, 0.15) is 11.5 Å². The highest BCUT2D eigenvalue weighted by molar-refractivity contribution is 5.75. The van der Waals surface area contributed by atoms with Crippen LogP contribution >= 0.6 is 0 Å². The van der Waals surface area contributed by atoms with Gasteiger partial charge in [-0.3, -0.25) is 4.79 Å². The van der Waals surface area contributed by atoms with Crippen molar-refractivity contribution < 1.29 is 19.4 Å². The summed E-state index contributed by atoms with van der Waals surface area (Å²) in [5.41, 5.74) is -0.479. The fourth-order valence-corrected chi connectivity index (χ4v) is 1.62. The van der Waals surface area contributed by atoms with Crippen molar-refractivity contribution in [1.82, 2.24) is 0 Å². The third-order valence-corrected chi connectivity index (χ3v) is 2.79. The van der Waals surface area contributed by atoms with Crippen molar-refractivity contribution in [3.63, 3.8) is 0 Å². The molecule has 0 radical (unpaired) electrons. The molecule has 0 aromatic heterocycles. The van der Waals surface area contributed by atoms with Crippen molar-refractivity contribution in [1.29, 1.82) is 0 Å². The molecule has 0 aliphatic rings. The summed E-state index contributed by atoms with van der Waals surface area (Å²) in [6.07, 6.45) is 1.47. The molecule has 4 nitrogen and oxygen atoms in total. The summed E-state index contributed by atoms with van der Waals surface area (Å²) in [5.74, 6) is 0.727. The zero-order valence-electron chi connectivity index (χ0n) is 11.1. The van der Waals surface area contributed by atoms with Gasteiger partial charge in [0, 0.05) is 0 Å². The van der Waals surface area contributed by atoms with Gasteiger partial charge in [0.15, 0.2) is 0 Å². The van der Waals surface area contributed by atoms with Crippen LogP contribution in [0.15, 0.2) is 24.3 Å². The molecule has 1 rings (SSSR count). The Kier molecular flexibility index (Phi) is 5.01. The van der Waals surface area contributed by atoms with Gasteiger partial charge in [-0.15, -0.1) is 0 Å². The first-order chi connectivity index (χ1) is 8.45. The van der Waals surface area contributed by atoms with Gasteiger partial charge in [0.2, 0.25) is 0 Å². The molecule has 1 aromatic rings. The average Bonchev–Trinajstić information content (AvgIpc) is 2.35. The second-order valence-corrected chi connectivity index (χ2v) is 4.82. The zero-order chi connectivity index (χ0) is 13.6. The van der Waals surface area contributed by atoms with Crippen molar-refractivity contribution in [3.05, 3.63) is 24.3 Å². The highest BCUT2D eigenvalue weighted by Crippen LogP contribution is 2.24. The van der Waals surface area contributed by atoms with Crippen LogP contribution in [0, 0.1) is 5.41 Å². The Bertz CT molecular complexity index is 381. The number of carbonyl (C=O) groups excluding carboxylic acids is 1. The molecule has 18 heavy (non-hydrogen) atoms. The van der Waals surface area contributed by atoms with E-state index in [2.05, 4.69) is 0 Å². The van der Waals surface area contributed by atoms with Gasteiger partial charge in [0.25, 0.3) is 0 Å². The minimum absolute atomic E-state index is 0.202. The van der Waals surface area contributed by atoms with Gasteiger partial charge in [-0.25, -0.2) is 0 Å². The highest BCUT2D eigenvalue weighted by atomic mass is 16.5. The number of phenolic OH excluding ortho intramolecular Hbond substituents is 1. The van der Waals surface area contributed by atoms with E-state index in [9.17, 15) is 4.79 Å². The summed E-state index contributed by atoms with van der Waals surface area (Å²) in [6.45, 7) is 4.25. The summed E-state index contributed by atoms with van der Waals surface area (Å²) >= 11 is 0. The van der Waals surface area contributed by atoms with E-state index >= 15 is 0 Å². The van der Waals surface area contributed by atoms with E-state index in [1.807, 2.05) is 13.8 Å². The molecule has 0 saturated heterocycles. The molecule has 0 saturated carbocycles. The number of aromatic hydroxyl groups is 1. The number of rotatable bonds is 6. The van der Waals surface area contributed by atoms with E-state index in [0.29, 0.717) is 18.8 Å². The molecule has 0 spiro atoms. The van der Waals surface area contributed by atoms with Crippen LogP contribution in [0.5, 0.6) is 11.5 Å². The summed E-state index contributed by atoms with van der Waals surface area (Å²) in [6, 6.07) is 6.57. The molecule has 0 amide bonds. The maximum atomic E-state index is 11.4. The first-order valence-corrected chi connectivity index (χ1v) is 5.96. The molecule has 0 fully saturated rings.